The molecule has 0 aliphatic heterocycles. The number of ketones is 1. The van der Waals surface area contributed by atoms with Gasteiger partial charge in [-0.25, -0.2) is 8.42 Å². The van der Waals surface area contributed by atoms with Gasteiger partial charge in [-0.05, 0) is 37.3 Å². The van der Waals surface area contributed by atoms with Crippen molar-refractivity contribution < 1.29 is 17.9 Å². The van der Waals surface area contributed by atoms with Gasteiger partial charge in [-0.2, -0.15) is 4.72 Å². The first kappa shape index (κ1) is 19.2. The minimum absolute atomic E-state index is 0.0346. The number of halogens is 1. The molecule has 0 saturated carbocycles. The van der Waals surface area contributed by atoms with E-state index in [9.17, 15) is 13.2 Å². The van der Waals surface area contributed by atoms with Gasteiger partial charge in [0.1, 0.15) is 12.4 Å². The van der Waals surface area contributed by atoms with Gasteiger partial charge in [-0.3, -0.25) is 4.79 Å². The monoisotopic (exact) mass is 421 g/mol. The van der Waals surface area contributed by atoms with Crippen LogP contribution in [0.3, 0.4) is 0 Å². The molecule has 0 heterocycles. The summed E-state index contributed by atoms with van der Waals surface area (Å²) in [5, 5.41) is 0. The van der Waals surface area contributed by atoms with Crippen LogP contribution in [0.4, 0.5) is 0 Å². The SMILES string of the molecule is CC(=O)c1cccc(S(=O)(=O)NCC#CCOc2cccc(Br)c2)c1. The zero-order chi connectivity index (χ0) is 18.3. The zero-order valence-corrected chi connectivity index (χ0v) is 15.9. The molecule has 0 bridgehead atoms. The summed E-state index contributed by atoms with van der Waals surface area (Å²) in [5.41, 5.74) is 0.344. The molecule has 130 valence electrons. The van der Waals surface area contributed by atoms with Gasteiger partial charge in [-0.1, -0.05) is 46.0 Å². The van der Waals surface area contributed by atoms with Gasteiger partial charge in [0.2, 0.25) is 10.0 Å². The van der Waals surface area contributed by atoms with Crippen LogP contribution in [0.1, 0.15) is 17.3 Å². The summed E-state index contributed by atoms with van der Waals surface area (Å²) in [6, 6.07) is 13.2. The molecule has 0 spiro atoms. The van der Waals surface area contributed by atoms with Crippen molar-refractivity contribution in [3.8, 4) is 17.6 Å². The van der Waals surface area contributed by atoms with E-state index in [4.69, 9.17) is 4.74 Å². The second-order valence-electron chi connectivity index (χ2n) is 5.01. The summed E-state index contributed by atoms with van der Waals surface area (Å²) in [5.74, 6) is 5.91. The average Bonchev–Trinajstić information content (AvgIpc) is 2.58. The van der Waals surface area contributed by atoms with Crippen molar-refractivity contribution in [3.63, 3.8) is 0 Å². The molecule has 2 rings (SSSR count). The van der Waals surface area contributed by atoms with Gasteiger partial charge in [0.15, 0.2) is 5.78 Å². The van der Waals surface area contributed by atoms with E-state index in [1.165, 1.54) is 25.1 Å². The summed E-state index contributed by atoms with van der Waals surface area (Å²) in [6.07, 6.45) is 0. The largest absolute Gasteiger partial charge is 0.481 e. The van der Waals surface area contributed by atoms with Crippen LogP contribution in [0.2, 0.25) is 0 Å². The summed E-state index contributed by atoms with van der Waals surface area (Å²) in [7, 11) is -3.71. The number of carbonyl (C=O) groups excluding carboxylic acids is 1. The Kier molecular flexibility index (Phi) is 6.76. The third kappa shape index (κ3) is 6.02. The molecule has 0 aliphatic rings. The topological polar surface area (TPSA) is 72.5 Å². The highest BCUT2D eigenvalue weighted by atomic mass is 79.9. The molecule has 2 aromatic carbocycles. The third-order valence-corrected chi connectivity index (χ3v) is 5.03. The zero-order valence-electron chi connectivity index (χ0n) is 13.5. The maximum Gasteiger partial charge on any atom is 0.241 e. The number of hydrogen-bond acceptors (Lipinski definition) is 4. The lowest BCUT2D eigenvalue weighted by molar-refractivity contribution is 0.101. The van der Waals surface area contributed by atoms with Gasteiger partial charge >= 0.3 is 0 Å². The van der Waals surface area contributed by atoms with E-state index in [-0.39, 0.29) is 23.8 Å². The Morgan fingerprint density at radius 1 is 1.16 bits per heavy atom. The Bertz CT molecular complexity index is 929. The summed E-state index contributed by atoms with van der Waals surface area (Å²) in [6.45, 7) is 1.49. The Labute approximate surface area is 155 Å². The molecule has 7 heteroatoms. The van der Waals surface area contributed by atoms with E-state index >= 15 is 0 Å². The molecule has 0 aliphatic carbocycles. The highest BCUT2D eigenvalue weighted by Gasteiger charge is 2.14. The van der Waals surface area contributed by atoms with E-state index in [1.807, 2.05) is 18.2 Å². The van der Waals surface area contributed by atoms with E-state index in [0.29, 0.717) is 11.3 Å². The maximum absolute atomic E-state index is 12.2. The first-order valence-corrected chi connectivity index (χ1v) is 9.61. The molecule has 0 unspecified atom stereocenters. The number of Topliss-reactive ketones (excluding diaryl/α,β-unsaturated/α-hetero) is 1. The lowest BCUT2D eigenvalue weighted by Gasteiger charge is -2.05. The van der Waals surface area contributed by atoms with Gasteiger partial charge in [0, 0.05) is 10.0 Å². The Balaban J connectivity index is 1.88. The molecule has 2 aromatic rings. The lowest BCUT2D eigenvalue weighted by atomic mass is 10.2. The molecule has 1 N–H and O–H groups in total. The van der Waals surface area contributed by atoms with Crippen LogP contribution in [0.15, 0.2) is 57.9 Å². The summed E-state index contributed by atoms with van der Waals surface area (Å²) in [4.78, 5) is 11.4. The molecule has 0 aromatic heterocycles. The number of benzene rings is 2. The van der Waals surface area contributed by atoms with Crippen LogP contribution in [0.25, 0.3) is 0 Å². The van der Waals surface area contributed by atoms with Gasteiger partial charge < -0.3 is 4.74 Å². The molecule has 0 saturated heterocycles. The number of rotatable bonds is 6. The van der Waals surface area contributed by atoms with Crippen molar-refractivity contribution in [3.05, 3.63) is 58.6 Å². The molecule has 0 amide bonds. The van der Waals surface area contributed by atoms with E-state index < -0.39 is 10.0 Å². The predicted octanol–water partition coefficient (Wildman–Crippen LogP) is 3.01. The van der Waals surface area contributed by atoms with Crippen molar-refractivity contribution in [2.24, 2.45) is 0 Å². The Morgan fingerprint density at radius 3 is 2.64 bits per heavy atom. The van der Waals surface area contributed by atoms with Crippen LogP contribution in [-0.2, 0) is 10.0 Å². The average molecular weight is 422 g/mol. The standard InChI is InChI=1S/C18H16BrNO4S/c1-14(21)15-6-4-9-18(12-15)25(22,23)20-10-2-3-11-24-17-8-5-7-16(19)13-17/h4-9,12-13,20H,10-11H2,1H3. The van der Waals surface area contributed by atoms with Gasteiger partial charge in [0.05, 0.1) is 11.4 Å². The third-order valence-electron chi connectivity index (χ3n) is 3.13. The van der Waals surface area contributed by atoms with Gasteiger partial charge in [0.25, 0.3) is 0 Å². The molecule has 0 atom stereocenters. The number of sulfonamides is 1. The van der Waals surface area contributed by atoms with Crippen molar-refractivity contribution in [1.29, 1.82) is 0 Å². The van der Waals surface area contributed by atoms with Crippen molar-refractivity contribution in [2.45, 2.75) is 11.8 Å². The van der Waals surface area contributed by atoms with Gasteiger partial charge in [-0.15, -0.1) is 0 Å². The Morgan fingerprint density at radius 2 is 1.92 bits per heavy atom. The fourth-order valence-electron chi connectivity index (χ4n) is 1.89. The van der Waals surface area contributed by atoms with E-state index in [1.54, 1.807) is 12.1 Å². The molecular weight excluding hydrogens is 406 g/mol. The molecule has 25 heavy (non-hydrogen) atoms. The van der Waals surface area contributed by atoms with Crippen molar-refractivity contribution in [1.82, 2.24) is 4.72 Å². The van der Waals surface area contributed by atoms with Crippen LogP contribution in [0, 0.1) is 11.8 Å². The highest BCUT2D eigenvalue weighted by Crippen LogP contribution is 2.17. The number of hydrogen-bond donors (Lipinski definition) is 1. The smallest absolute Gasteiger partial charge is 0.241 e. The fraction of sp³-hybridized carbons (Fsp3) is 0.167. The summed E-state index contributed by atoms with van der Waals surface area (Å²) < 4.78 is 33.0. The minimum atomic E-state index is -3.71. The van der Waals surface area contributed by atoms with Crippen LogP contribution >= 0.6 is 15.9 Å². The van der Waals surface area contributed by atoms with Crippen molar-refractivity contribution >= 4 is 31.7 Å². The maximum atomic E-state index is 12.2. The highest BCUT2D eigenvalue weighted by molar-refractivity contribution is 9.10. The minimum Gasteiger partial charge on any atom is -0.481 e. The van der Waals surface area contributed by atoms with Crippen LogP contribution in [0.5, 0.6) is 5.75 Å². The molecule has 0 fully saturated rings. The normalized spacial score (nSPS) is 10.6. The second-order valence-corrected chi connectivity index (χ2v) is 7.69. The number of ether oxygens (including phenoxy) is 1. The molecule has 0 radical (unpaired) electrons. The van der Waals surface area contributed by atoms with Crippen LogP contribution in [-0.4, -0.2) is 27.4 Å². The fourth-order valence-corrected chi connectivity index (χ4v) is 3.23. The number of nitrogens with one attached hydrogen (secondary N) is 1. The first-order chi connectivity index (χ1) is 11.9. The summed E-state index contributed by atoms with van der Waals surface area (Å²) >= 11 is 3.34. The quantitative estimate of drug-likeness (QED) is 0.574. The second kappa shape index (κ2) is 8.81. The lowest BCUT2D eigenvalue weighted by Crippen LogP contribution is -2.24. The number of carbonyl (C=O) groups is 1. The Hall–Kier alpha value is -2.14. The molecule has 5 nitrogen and oxygen atoms in total. The first-order valence-electron chi connectivity index (χ1n) is 7.33. The van der Waals surface area contributed by atoms with Crippen molar-refractivity contribution in [2.75, 3.05) is 13.2 Å². The van der Waals surface area contributed by atoms with E-state index in [0.717, 1.165) is 4.47 Å². The van der Waals surface area contributed by atoms with Crippen LogP contribution < -0.4 is 9.46 Å². The predicted molar refractivity (Wildman–Crippen MR) is 99.0 cm³/mol. The molecular formula is C18H16BrNO4S. The van der Waals surface area contributed by atoms with E-state index in [2.05, 4.69) is 32.5 Å².